The van der Waals surface area contributed by atoms with E-state index in [9.17, 15) is 14.4 Å². The first kappa shape index (κ1) is 29.9. The quantitative estimate of drug-likeness (QED) is 0.295. The highest BCUT2D eigenvalue weighted by Gasteiger charge is 2.31. The molecule has 9 nitrogen and oxygen atoms in total. The van der Waals surface area contributed by atoms with Gasteiger partial charge in [-0.2, -0.15) is 0 Å². The minimum absolute atomic E-state index is 0.0322. The molecule has 2 atom stereocenters. The minimum atomic E-state index is -0.632. The van der Waals surface area contributed by atoms with Gasteiger partial charge in [-0.3, -0.25) is 9.59 Å². The molecule has 1 saturated heterocycles. The number of anilines is 3. The second kappa shape index (κ2) is 13.6. The van der Waals surface area contributed by atoms with Crippen LogP contribution >= 0.6 is 0 Å². The van der Waals surface area contributed by atoms with Gasteiger partial charge in [0.15, 0.2) is 0 Å². The Bertz CT molecular complexity index is 1400. The third kappa shape index (κ3) is 7.85. The topological polar surface area (TPSA) is 103 Å². The van der Waals surface area contributed by atoms with Gasteiger partial charge in [0.05, 0.1) is 12.1 Å². The smallest absolute Gasteiger partial charge is 0.323 e. The molecule has 3 aromatic rings. The number of likely N-dealkylation sites (N-methyl/N-ethyl adjacent to an activating group) is 1. The van der Waals surface area contributed by atoms with E-state index in [1.165, 1.54) is 12.8 Å². The van der Waals surface area contributed by atoms with Crippen molar-refractivity contribution in [3.8, 4) is 5.75 Å². The van der Waals surface area contributed by atoms with Crippen LogP contribution in [0, 0.1) is 6.92 Å². The first-order chi connectivity index (χ1) is 20.7. The van der Waals surface area contributed by atoms with E-state index in [1.807, 2.05) is 67.6 Å². The summed E-state index contributed by atoms with van der Waals surface area (Å²) in [4.78, 5) is 42.2. The molecule has 2 unspecified atom stereocenters. The van der Waals surface area contributed by atoms with Gasteiger partial charge in [0.25, 0.3) is 5.91 Å². The molecule has 0 radical (unpaired) electrons. The van der Waals surface area contributed by atoms with Gasteiger partial charge in [0.1, 0.15) is 11.8 Å². The number of rotatable bonds is 9. The molecule has 4 amide bonds. The summed E-state index contributed by atoms with van der Waals surface area (Å²) in [6.07, 6.45) is 5.78. The molecular formula is C34H41N5O4. The highest BCUT2D eigenvalue weighted by atomic mass is 16.5. The maximum absolute atomic E-state index is 13.1. The van der Waals surface area contributed by atoms with Crippen LogP contribution in [0.25, 0.3) is 0 Å². The molecule has 1 aliphatic heterocycles. The minimum Gasteiger partial charge on any atom is -0.490 e. The van der Waals surface area contributed by atoms with Crippen molar-refractivity contribution in [1.29, 1.82) is 0 Å². The number of hydrogen-bond acceptors (Lipinski definition) is 5. The fourth-order valence-electron chi connectivity index (χ4n) is 5.69. The molecular weight excluding hydrogens is 542 g/mol. The van der Waals surface area contributed by atoms with Crippen molar-refractivity contribution < 1.29 is 19.1 Å². The SMILES string of the molecule is Cc1ccc(C(=O)NC(C)C(=O)N(C)C2CCN(c3ccc(NC(=O)Nc4ccc(OC5CCCC5)cc4)cc3)C2)cc1. The van der Waals surface area contributed by atoms with Crippen LogP contribution in [0.3, 0.4) is 0 Å². The monoisotopic (exact) mass is 583 g/mol. The molecule has 1 heterocycles. The number of hydrogen-bond donors (Lipinski definition) is 3. The first-order valence-electron chi connectivity index (χ1n) is 15.1. The van der Waals surface area contributed by atoms with E-state index in [0.717, 1.165) is 42.8 Å². The summed E-state index contributed by atoms with van der Waals surface area (Å²) in [5.74, 6) is 0.452. The lowest BCUT2D eigenvalue weighted by molar-refractivity contribution is -0.133. The molecule has 2 fully saturated rings. The van der Waals surface area contributed by atoms with Gasteiger partial charge in [-0.15, -0.1) is 0 Å². The number of carbonyl (C=O) groups is 3. The van der Waals surface area contributed by atoms with Gasteiger partial charge in [-0.25, -0.2) is 4.79 Å². The molecule has 0 aromatic heterocycles. The van der Waals surface area contributed by atoms with Crippen molar-refractivity contribution >= 4 is 34.9 Å². The van der Waals surface area contributed by atoms with Crippen LogP contribution in [0.15, 0.2) is 72.8 Å². The zero-order valence-corrected chi connectivity index (χ0v) is 25.1. The van der Waals surface area contributed by atoms with Crippen LogP contribution in [0.5, 0.6) is 5.75 Å². The molecule has 0 spiro atoms. The summed E-state index contributed by atoms with van der Waals surface area (Å²) >= 11 is 0. The van der Waals surface area contributed by atoms with Gasteiger partial charge < -0.3 is 30.5 Å². The predicted octanol–water partition coefficient (Wildman–Crippen LogP) is 5.82. The molecule has 1 aliphatic carbocycles. The maximum Gasteiger partial charge on any atom is 0.323 e. The number of ether oxygens (including phenoxy) is 1. The second-order valence-corrected chi connectivity index (χ2v) is 11.6. The largest absolute Gasteiger partial charge is 0.490 e. The van der Waals surface area contributed by atoms with Crippen molar-refractivity contribution in [3.05, 3.63) is 83.9 Å². The summed E-state index contributed by atoms with van der Waals surface area (Å²) in [5, 5.41) is 8.57. The Morgan fingerprint density at radius 2 is 1.47 bits per heavy atom. The second-order valence-electron chi connectivity index (χ2n) is 11.6. The molecule has 5 rings (SSSR count). The Morgan fingerprint density at radius 3 is 2.09 bits per heavy atom. The molecule has 0 bridgehead atoms. The van der Waals surface area contributed by atoms with Crippen LogP contribution in [0.4, 0.5) is 21.9 Å². The number of aryl methyl sites for hydroxylation is 1. The first-order valence-corrected chi connectivity index (χ1v) is 15.1. The van der Waals surface area contributed by atoms with Crippen molar-refractivity contribution in [2.45, 2.75) is 64.1 Å². The fourth-order valence-corrected chi connectivity index (χ4v) is 5.69. The van der Waals surface area contributed by atoms with Crippen molar-refractivity contribution in [2.75, 3.05) is 35.7 Å². The standard InChI is InChI=1S/C34H41N5O4/c1-23-8-10-25(11-9-23)32(40)35-24(2)33(41)38(3)29-20-21-39(22-29)28-16-12-26(13-17-28)36-34(42)37-27-14-18-31(19-15-27)43-30-6-4-5-7-30/h8-19,24,29-30H,4-7,20-22H2,1-3H3,(H,35,40)(H2,36,37,42). The number of nitrogens with zero attached hydrogens (tertiary/aromatic N) is 2. The van der Waals surface area contributed by atoms with Crippen molar-refractivity contribution in [3.63, 3.8) is 0 Å². The van der Waals surface area contributed by atoms with E-state index in [2.05, 4.69) is 20.9 Å². The zero-order chi connectivity index (χ0) is 30.3. The number of amides is 4. The lowest BCUT2D eigenvalue weighted by Crippen LogP contribution is -2.49. The average molecular weight is 584 g/mol. The summed E-state index contributed by atoms with van der Waals surface area (Å²) in [5.41, 5.74) is 4.01. The summed E-state index contributed by atoms with van der Waals surface area (Å²) in [7, 11) is 1.80. The van der Waals surface area contributed by atoms with E-state index in [4.69, 9.17) is 4.74 Å². The Kier molecular flexibility index (Phi) is 9.49. The number of carbonyl (C=O) groups excluding carboxylic acids is 3. The van der Waals surface area contributed by atoms with Gasteiger partial charge in [-0.1, -0.05) is 17.7 Å². The average Bonchev–Trinajstić information content (AvgIpc) is 3.71. The van der Waals surface area contributed by atoms with Gasteiger partial charge in [0, 0.05) is 42.8 Å². The van der Waals surface area contributed by atoms with Gasteiger partial charge in [0.2, 0.25) is 5.91 Å². The molecule has 9 heteroatoms. The lowest BCUT2D eigenvalue weighted by Gasteiger charge is -2.28. The normalized spacial score (nSPS) is 17.3. The fraction of sp³-hybridized carbons (Fsp3) is 0.382. The van der Waals surface area contributed by atoms with E-state index < -0.39 is 6.04 Å². The highest BCUT2D eigenvalue weighted by molar-refractivity contribution is 6.00. The van der Waals surface area contributed by atoms with Crippen molar-refractivity contribution in [1.82, 2.24) is 10.2 Å². The molecule has 1 saturated carbocycles. The van der Waals surface area contributed by atoms with E-state index >= 15 is 0 Å². The van der Waals surface area contributed by atoms with Crippen LogP contribution in [0.1, 0.15) is 54.9 Å². The number of benzene rings is 3. The molecule has 2 aliphatic rings. The zero-order valence-electron chi connectivity index (χ0n) is 25.1. The molecule has 3 aromatic carbocycles. The van der Waals surface area contributed by atoms with Gasteiger partial charge in [-0.05, 0) is 107 Å². The van der Waals surface area contributed by atoms with E-state index in [-0.39, 0.29) is 23.9 Å². The highest BCUT2D eigenvalue weighted by Crippen LogP contribution is 2.26. The van der Waals surface area contributed by atoms with Gasteiger partial charge >= 0.3 is 6.03 Å². The number of nitrogens with one attached hydrogen (secondary N) is 3. The Morgan fingerprint density at radius 1 is 0.860 bits per heavy atom. The van der Waals surface area contributed by atoms with Crippen LogP contribution in [-0.2, 0) is 4.79 Å². The molecule has 226 valence electrons. The molecule has 3 N–H and O–H groups in total. The molecule has 43 heavy (non-hydrogen) atoms. The predicted molar refractivity (Wildman–Crippen MR) is 170 cm³/mol. The Balaban J connectivity index is 1.07. The van der Waals surface area contributed by atoms with Crippen LogP contribution in [-0.4, -0.2) is 61.1 Å². The number of urea groups is 1. The maximum atomic E-state index is 13.1. The van der Waals surface area contributed by atoms with Crippen molar-refractivity contribution in [2.24, 2.45) is 0 Å². The van der Waals surface area contributed by atoms with Crippen LogP contribution < -0.4 is 25.6 Å². The Labute approximate surface area is 253 Å². The third-order valence-electron chi connectivity index (χ3n) is 8.30. The van der Waals surface area contributed by atoms with E-state index in [1.54, 1.807) is 31.0 Å². The Hall–Kier alpha value is -4.53. The summed E-state index contributed by atoms with van der Waals surface area (Å²) < 4.78 is 5.99. The summed E-state index contributed by atoms with van der Waals surface area (Å²) in [6, 6.07) is 21.5. The van der Waals surface area contributed by atoms with Crippen LogP contribution in [0.2, 0.25) is 0 Å². The summed E-state index contributed by atoms with van der Waals surface area (Å²) in [6.45, 7) is 5.18. The van der Waals surface area contributed by atoms with E-state index in [0.29, 0.717) is 29.6 Å². The third-order valence-corrected chi connectivity index (χ3v) is 8.30. The lowest BCUT2D eigenvalue weighted by atomic mass is 10.1.